The molecule has 10 heteroatoms. The van der Waals surface area contributed by atoms with E-state index < -0.39 is 10.9 Å². The third-order valence-electron chi connectivity index (χ3n) is 4.22. The van der Waals surface area contributed by atoms with Crippen LogP contribution in [0.15, 0.2) is 63.7 Å². The summed E-state index contributed by atoms with van der Waals surface area (Å²) in [5, 5.41) is 21.9. The molecule has 0 saturated carbocycles. The van der Waals surface area contributed by atoms with Crippen LogP contribution >= 0.6 is 11.8 Å². The molecular weight excluding hydrogens is 424 g/mol. The Labute approximate surface area is 181 Å². The molecule has 1 aliphatic heterocycles. The normalized spacial score (nSPS) is 16.0. The number of carbonyl (C=O) groups is 1. The number of aliphatic imine (C=N–C) groups is 1. The average Bonchev–Trinajstić information content (AvgIpc) is 3.07. The van der Waals surface area contributed by atoms with Gasteiger partial charge in [-0.05, 0) is 29.8 Å². The van der Waals surface area contributed by atoms with Gasteiger partial charge >= 0.3 is 5.97 Å². The van der Waals surface area contributed by atoms with Crippen LogP contribution in [0.4, 0.5) is 11.4 Å². The number of non-ortho nitro benzene ring substituents is 1. The fourth-order valence-electron chi connectivity index (χ4n) is 2.75. The van der Waals surface area contributed by atoms with Crippen molar-refractivity contribution in [3.05, 3.63) is 74.4 Å². The van der Waals surface area contributed by atoms with Crippen molar-refractivity contribution in [2.75, 3.05) is 21.3 Å². The lowest BCUT2D eigenvalue weighted by atomic mass is 10.1. The predicted molar refractivity (Wildman–Crippen MR) is 117 cm³/mol. The van der Waals surface area contributed by atoms with Crippen LogP contribution in [-0.4, -0.2) is 42.4 Å². The molecule has 0 fully saturated rings. The maximum absolute atomic E-state index is 12.3. The van der Waals surface area contributed by atoms with Gasteiger partial charge in [0, 0.05) is 18.2 Å². The molecule has 0 saturated heterocycles. The molecule has 2 aromatic rings. The molecule has 0 spiro atoms. The summed E-state index contributed by atoms with van der Waals surface area (Å²) in [6, 6.07) is 10.8. The van der Waals surface area contributed by atoms with E-state index in [2.05, 4.69) is 4.99 Å². The number of carbonyl (C=O) groups excluding carboxylic acids is 1. The minimum Gasteiger partial charge on any atom is -0.506 e. The Morgan fingerprint density at radius 3 is 2.39 bits per heavy atom. The Morgan fingerprint density at radius 2 is 1.81 bits per heavy atom. The Balaban J connectivity index is 2.07. The van der Waals surface area contributed by atoms with E-state index in [1.165, 1.54) is 39.5 Å². The molecule has 0 aliphatic carbocycles. The second-order valence-corrected chi connectivity index (χ2v) is 7.20. The fraction of sp³-hybridized carbons (Fsp3) is 0.143. The van der Waals surface area contributed by atoms with Crippen LogP contribution in [0.5, 0.6) is 11.5 Å². The number of methoxy groups -OCH3 is 3. The highest BCUT2D eigenvalue weighted by Crippen LogP contribution is 2.41. The van der Waals surface area contributed by atoms with Crippen molar-refractivity contribution in [2.45, 2.75) is 0 Å². The number of ether oxygens (including phenoxy) is 3. The molecular formula is C21H18N2O7S. The van der Waals surface area contributed by atoms with Crippen molar-refractivity contribution in [3.63, 3.8) is 0 Å². The van der Waals surface area contributed by atoms with Gasteiger partial charge in [-0.1, -0.05) is 17.8 Å². The van der Waals surface area contributed by atoms with Crippen LogP contribution in [0, 0.1) is 10.1 Å². The number of aliphatic hydroxyl groups is 1. The molecule has 2 aromatic carbocycles. The molecule has 0 radical (unpaired) electrons. The number of esters is 1. The number of nitrogens with zero attached hydrogens (tertiary/aromatic N) is 2. The number of nitro benzene ring substituents is 1. The minimum absolute atomic E-state index is 0.125. The highest BCUT2D eigenvalue weighted by atomic mass is 32.2. The zero-order valence-electron chi connectivity index (χ0n) is 16.8. The summed E-state index contributed by atoms with van der Waals surface area (Å²) in [7, 11) is 4.23. The molecule has 1 heterocycles. The van der Waals surface area contributed by atoms with E-state index in [0.717, 1.165) is 11.8 Å². The lowest BCUT2D eigenvalue weighted by molar-refractivity contribution is -0.384. The zero-order chi connectivity index (χ0) is 22.5. The topological polar surface area (TPSA) is 120 Å². The summed E-state index contributed by atoms with van der Waals surface area (Å²) in [5.74, 6) is 0.0244. The quantitative estimate of drug-likeness (QED) is 0.397. The first kappa shape index (κ1) is 21.9. The number of rotatable bonds is 6. The Morgan fingerprint density at radius 1 is 1.13 bits per heavy atom. The van der Waals surface area contributed by atoms with Crippen LogP contribution in [0.1, 0.15) is 5.56 Å². The lowest BCUT2D eigenvalue weighted by Crippen LogP contribution is -2.10. The van der Waals surface area contributed by atoms with Crippen molar-refractivity contribution in [2.24, 2.45) is 4.99 Å². The second kappa shape index (κ2) is 9.35. The van der Waals surface area contributed by atoms with Crippen molar-refractivity contribution in [1.82, 2.24) is 0 Å². The van der Waals surface area contributed by atoms with Gasteiger partial charge in [-0.15, -0.1) is 0 Å². The summed E-state index contributed by atoms with van der Waals surface area (Å²) in [5.41, 5.74) is 0.651. The number of nitro groups is 1. The van der Waals surface area contributed by atoms with Gasteiger partial charge < -0.3 is 19.3 Å². The Kier molecular flexibility index (Phi) is 6.61. The number of thioether (sulfide) groups is 1. The van der Waals surface area contributed by atoms with Gasteiger partial charge in [-0.3, -0.25) is 10.1 Å². The Bertz CT molecular complexity index is 1120. The number of aliphatic hydroxyl groups excluding tert-OH is 1. The maximum atomic E-state index is 12.3. The van der Waals surface area contributed by atoms with Crippen LogP contribution in [-0.2, 0) is 9.53 Å². The van der Waals surface area contributed by atoms with Crippen molar-refractivity contribution < 1.29 is 29.0 Å². The second-order valence-electron chi connectivity index (χ2n) is 6.17. The summed E-state index contributed by atoms with van der Waals surface area (Å²) >= 11 is 1.04. The maximum Gasteiger partial charge on any atom is 0.344 e. The molecule has 9 nitrogen and oxygen atoms in total. The summed E-state index contributed by atoms with van der Waals surface area (Å²) in [6.45, 7) is 0. The van der Waals surface area contributed by atoms with Crippen LogP contribution in [0.25, 0.3) is 6.08 Å². The average molecular weight is 442 g/mol. The number of hydrogen-bond acceptors (Lipinski definition) is 9. The molecule has 0 bridgehead atoms. The summed E-state index contributed by atoms with van der Waals surface area (Å²) in [4.78, 5) is 27.4. The van der Waals surface area contributed by atoms with Crippen LogP contribution < -0.4 is 9.47 Å². The summed E-state index contributed by atoms with van der Waals surface area (Å²) < 4.78 is 15.3. The highest BCUT2D eigenvalue weighted by Gasteiger charge is 2.33. The van der Waals surface area contributed by atoms with E-state index in [1.807, 2.05) is 0 Å². The molecule has 0 unspecified atom stereocenters. The first-order valence-electron chi connectivity index (χ1n) is 8.84. The van der Waals surface area contributed by atoms with Gasteiger partial charge in [0.25, 0.3) is 5.69 Å². The lowest BCUT2D eigenvalue weighted by Gasteiger charge is -2.06. The fourth-order valence-corrected chi connectivity index (χ4v) is 3.78. The zero-order valence-corrected chi connectivity index (χ0v) is 17.6. The van der Waals surface area contributed by atoms with Gasteiger partial charge in [0.15, 0.2) is 0 Å². The largest absolute Gasteiger partial charge is 0.506 e. The summed E-state index contributed by atoms with van der Waals surface area (Å²) in [6.07, 6.45) is 1.64. The van der Waals surface area contributed by atoms with Crippen molar-refractivity contribution >= 4 is 40.2 Å². The van der Waals surface area contributed by atoms with Gasteiger partial charge in [0.1, 0.15) is 27.9 Å². The van der Waals surface area contributed by atoms with Crippen molar-refractivity contribution in [1.29, 1.82) is 0 Å². The van der Waals surface area contributed by atoms with E-state index in [9.17, 15) is 20.0 Å². The van der Waals surface area contributed by atoms with Crippen LogP contribution in [0.2, 0.25) is 0 Å². The SMILES string of the molecule is COC(=O)C1=C(O)/C(=C\c2cc(OC)cc(OC)c2)SC1=Nc1cccc([N+](=O)[O-])c1. The molecule has 1 N–H and O–H groups in total. The molecule has 0 aromatic heterocycles. The molecule has 0 amide bonds. The minimum atomic E-state index is -0.777. The standard InChI is InChI=1S/C21H18N2O7S/c1-28-15-7-12(8-16(11-15)29-2)9-17-19(24)18(21(25)30-3)20(31-17)22-13-5-4-6-14(10-13)23(26)27/h4-11,24H,1-3H3/b17-9+,22-20?. The van der Waals surface area contributed by atoms with E-state index in [4.69, 9.17) is 14.2 Å². The molecule has 3 rings (SSSR count). The Hall–Kier alpha value is -3.79. The molecule has 160 valence electrons. The first-order valence-corrected chi connectivity index (χ1v) is 9.66. The number of hydrogen-bond donors (Lipinski definition) is 1. The van der Waals surface area contributed by atoms with Crippen molar-refractivity contribution in [3.8, 4) is 11.5 Å². The van der Waals surface area contributed by atoms with E-state index in [1.54, 1.807) is 30.3 Å². The van der Waals surface area contributed by atoms with E-state index in [-0.39, 0.29) is 27.8 Å². The van der Waals surface area contributed by atoms with Gasteiger partial charge in [0.2, 0.25) is 0 Å². The number of benzene rings is 2. The van der Waals surface area contributed by atoms with Gasteiger partial charge in [-0.25, -0.2) is 9.79 Å². The molecule has 0 atom stereocenters. The van der Waals surface area contributed by atoms with Crippen LogP contribution in [0.3, 0.4) is 0 Å². The monoisotopic (exact) mass is 442 g/mol. The third-order valence-corrected chi connectivity index (χ3v) is 5.24. The van der Waals surface area contributed by atoms with Gasteiger partial charge in [0.05, 0.1) is 36.8 Å². The third kappa shape index (κ3) is 4.86. The van der Waals surface area contributed by atoms with E-state index in [0.29, 0.717) is 22.0 Å². The van der Waals surface area contributed by atoms with Gasteiger partial charge in [-0.2, -0.15) is 0 Å². The first-order chi connectivity index (χ1) is 14.9. The predicted octanol–water partition coefficient (Wildman–Crippen LogP) is 4.42. The van der Waals surface area contributed by atoms with E-state index >= 15 is 0 Å². The molecule has 31 heavy (non-hydrogen) atoms. The molecule has 1 aliphatic rings. The highest BCUT2D eigenvalue weighted by molar-refractivity contribution is 8.18. The smallest absolute Gasteiger partial charge is 0.344 e.